The molecule has 15 heavy (non-hydrogen) atoms. The Hall–Kier alpha value is -0.490. The number of nitrogens with one attached hydrogen (secondary N) is 1. The van der Waals surface area contributed by atoms with Crippen LogP contribution in [0.15, 0.2) is 18.2 Å². The third-order valence-corrected chi connectivity index (χ3v) is 3.45. The summed E-state index contributed by atoms with van der Waals surface area (Å²) in [6.45, 7) is 0.0491. The SMILES string of the molecule is NCCS(=O)(=O)Nc1cc(Cl)ccc1Cl. The second kappa shape index (κ2) is 5.03. The molecule has 0 aromatic heterocycles. The first kappa shape index (κ1) is 12.6. The van der Waals surface area contributed by atoms with Crippen LogP contribution in [-0.4, -0.2) is 20.7 Å². The lowest BCUT2D eigenvalue weighted by atomic mass is 10.3. The first-order valence-electron chi connectivity index (χ1n) is 4.10. The number of rotatable bonds is 4. The molecule has 0 aliphatic carbocycles. The molecule has 0 saturated carbocycles. The molecule has 0 saturated heterocycles. The normalized spacial score (nSPS) is 11.4. The molecule has 0 aliphatic heterocycles. The lowest BCUT2D eigenvalue weighted by molar-refractivity contribution is 0.601. The first-order valence-corrected chi connectivity index (χ1v) is 6.51. The van der Waals surface area contributed by atoms with Gasteiger partial charge in [-0.2, -0.15) is 0 Å². The van der Waals surface area contributed by atoms with Gasteiger partial charge in [0.05, 0.1) is 16.5 Å². The Morgan fingerprint density at radius 1 is 1.33 bits per heavy atom. The number of sulfonamides is 1. The van der Waals surface area contributed by atoms with Crippen molar-refractivity contribution >= 4 is 38.9 Å². The number of hydrogen-bond donors (Lipinski definition) is 2. The van der Waals surface area contributed by atoms with Gasteiger partial charge in [0.15, 0.2) is 0 Å². The lowest BCUT2D eigenvalue weighted by Gasteiger charge is -2.08. The van der Waals surface area contributed by atoms with E-state index in [4.69, 9.17) is 28.9 Å². The fourth-order valence-corrected chi connectivity index (χ4v) is 2.26. The molecule has 0 bridgehead atoms. The van der Waals surface area contributed by atoms with Gasteiger partial charge in [0, 0.05) is 11.6 Å². The highest BCUT2D eigenvalue weighted by atomic mass is 35.5. The van der Waals surface area contributed by atoms with E-state index in [9.17, 15) is 8.42 Å². The fourth-order valence-electron chi connectivity index (χ4n) is 0.949. The van der Waals surface area contributed by atoms with Crippen LogP contribution < -0.4 is 10.5 Å². The summed E-state index contributed by atoms with van der Waals surface area (Å²) in [5.74, 6) is -0.157. The molecule has 0 unspecified atom stereocenters. The van der Waals surface area contributed by atoms with Crippen molar-refractivity contribution in [3.63, 3.8) is 0 Å². The van der Waals surface area contributed by atoms with Crippen molar-refractivity contribution in [3.8, 4) is 0 Å². The Bertz CT molecular complexity index is 448. The number of benzene rings is 1. The van der Waals surface area contributed by atoms with Gasteiger partial charge in [-0.3, -0.25) is 4.72 Å². The molecule has 1 aromatic carbocycles. The summed E-state index contributed by atoms with van der Waals surface area (Å²) in [4.78, 5) is 0. The molecule has 1 rings (SSSR count). The quantitative estimate of drug-likeness (QED) is 0.873. The maximum Gasteiger partial charge on any atom is 0.234 e. The predicted molar refractivity (Wildman–Crippen MR) is 62.9 cm³/mol. The second-order valence-electron chi connectivity index (χ2n) is 2.83. The number of halogens is 2. The topological polar surface area (TPSA) is 72.2 Å². The summed E-state index contributed by atoms with van der Waals surface area (Å²) in [6.07, 6.45) is 0. The Labute approximate surface area is 98.4 Å². The highest BCUT2D eigenvalue weighted by Crippen LogP contribution is 2.26. The van der Waals surface area contributed by atoms with Crippen LogP contribution in [0.4, 0.5) is 5.69 Å². The van der Waals surface area contributed by atoms with E-state index in [1.165, 1.54) is 12.1 Å². The minimum Gasteiger partial charge on any atom is -0.329 e. The monoisotopic (exact) mass is 268 g/mol. The summed E-state index contributed by atoms with van der Waals surface area (Å²) in [5, 5.41) is 0.699. The summed E-state index contributed by atoms with van der Waals surface area (Å²) in [6, 6.07) is 4.53. The largest absolute Gasteiger partial charge is 0.329 e. The van der Waals surface area contributed by atoms with Crippen LogP contribution in [0.1, 0.15) is 0 Å². The molecule has 0 atom stereocenters. The molecule has 0 amide bonds. The van der Waals surface area contributed by atoms with Crippen molar-refractivity contribution in [3.05, 3.63) is 28.2 Å². The smallest absolute Gasteiger partial charge is 0.234 e. The van der Waals surface area contributed by atoms with E-state index in [1.807, 2.05) is 0 Å². The van der Waals surface area contributed by atoms with Gasteiger partial charge in [-0.25, -0.2) is 8.42 Å². The number of hydrogen-bond acceptors (Lipinski definition) is 3. The molecule has 0 fully saturated rings. The standard InChI is InChI=1S/C8H10Cl2N2O2S/c9-6-1-2-7(10)8(5-6)12-15(13,14)4-3-11/h1-2,5,12H,3-4,11H2. The molecule has 0 radical (unpaired) electrons. The van der Waals surface area contributed by atoms with Gasteiger partial charge in [-0.15, -0.1) is 0 Å². The highest BCUT2D eigenvalue weighted by molar-refractivity contribution is 7.92. The maximum atomic E-state index is 11.4. The highest BCUT2D eigenvalue weighted by Gasteiger charge is 2.11. The van der Waals surface area contributed by atoms with E-state index in [-0.39, 0.29) is 18.0 Å². The molecule has 0 heterocycles. The summed E-state index contributed by atoms with van der Waals surface area (Å²) < 4.78 is 25.0. The van der Waals surface area contributed by atoms with E-state index < -0.39 is 10.0 Å². The molecular weight excluding hydrogens is 259 g/mol. The van der Waals surface area contributed by atoms with Crippen LogP contribution in [0.25, 0.3) is 0 Å². The number of anilines is 1. The molecular formula is C8H10Cl2N2O2S. The van der Waals surface area contributed by atoms with Crippen LogP contribution in [-0.2, 0) is 10.0 Å². The van der Waals surface area contributed by atoms with Crippen molar-refractivity contribution in [1.29, 1.82) is 0 Å². The fraction of sp³-hybridized carbons (Fsp3) is 0.250. The van der Waals surface area contributed by atoms with Crippen LogP contribution in [0.2, 0.25) is 10.0 Å². The van der Waals surface area contributed by atoms with Gasteiger partial charge in [0.25, 0.3) is 0 Å². The van der Waals surface area contributed by atoms with Gasteiger partial charge >= 0.3 is 0 Å². The average Bonchev–Trinajstić information content (AvgIpc) is 2.10. The van der Waals surface area contributed by atoms with E-state index in [0.717, 1.165) is 0 Å². The van der Waals surface area contributed by atoms with Crippen molar-refractivity contribution < 1.29 is 8.42 Å². The minimum atomic E-state index is -3.44. The molecule has 1 aromatic rings. The Morgan fingerprint density at radius 3 is 2.60 bits per heavy atom. The maximum absolute atomic E-state index is 11.4. The Balaban J connectivity index is 2.94. The Kier molecular flexibility index (Phi) is 4.21. The van der Waals surface area contributed by atoms with Gasteiger partial charge in [-0.05, 0) is 18.2 Å². The molecule has 7 heteroatoms. The van der Waals surface area contributed by atoms with Crippen molar-refractivity contribution in [2.24, 2.45) is 5.73 Å². The van der Waals surface area contributed by atoms with Gasteiger partial charge in [0.2, 0.25) is 10.0 Å². The van der Waals surface area contributed by atoms with E-state index in [1.54, 1.807) is 6.07 Å². The van der Waals surface area contributed by atoms with Crippen LogP contribution in [0.5, 0.6) is 0 Å². The summed E-state index contributed by atoms with van der Waals surface area (Å²) >= 11 is 11.5. The third kappa shape index (κ3) is 3.87. The first-order chi connectivity index (χ1) is 6.94. The molecule has 0 aliphatic rings. The van der Waals surface area contributed by atoms with Crippen LogP contribution in [0, 0.1) is 0 Å². The zero-order chi connectivity index (χ0) is 11.5. The Morgan fingerprint density at radius 2 is 2.00 bits per heavy atom. The third-order valence-electron chi connectivity index (χ3n) is 1.58. The molecule has 84 valence electrons. The van der Waals surface area contributed by atoms with E-state index in [0.29, 0.717) is 10.0 Å². The van der Waals surface area contributed by atoms with Crippen molar-refractivity contribution in [2.45, 2.75) is 0 Å². The minimum absolute atomic E-state index is 0.0491. The second-order valence-corrected chi connectivity index (χ2v) is 5.52. The number of nitrogens with two attached hydrogens (primary N) is 1. The summed E-state index contributed by atoms with van der Waals surface area (Å²) in [7, 11) is -3.44. The average molecular weight is 269 g/mol. The van der Waals surface area contributed by atoms with Gasteiger partial charge < -0.3 is 5.73 Å². The van der Waals surface area contributed by atoms with Gasteiger partial charge in [0.1, 0.15) is 0 Å². The molecule has 3 N–H and O–H groups in total. The lowest BCUT2D eigenvalue weighted by Crippen LogP contribution is -2.22. The predicted octanol–water partition coefficient (Wildman–Crippen LogP) is 1.69. The summed E-state index contributed by atoms with van der Waals surface area (Å²) in [5.41, 5.74) is 5.42. The van der Waals surface area contributed by atoms with E-state index >= 15 is 0 Å². The van der Waals surface area contributed by atoms with Crippen molar-refractivity contribution in [1.82, 2.24) is 0 Å². The zero-order valence-electron chi connectivity index (χ0n) is 7.70. The van der Waals surface area contributed by atoms with Gasteiger partial charge in [-0.1, -0.05) is 23.2 Å². The van der Waals surface area contributed by atoms with Crippen LogP contribution >= 0.6 is 23.2 Å². The van der Waals surface area contributed by atoms with Crippen molar-refractivity contribution in [2.75, 3.05) is 17.0 Å². The molecule has 4 nitrogen and oxygen atoms in total. The molecule has 0 spiro atoms. The van der Waals surface area contributed by atoms with E-state index in [2.05, 4.69) is 4.72 Å². The zero-order valence-corrected chi connectivity index (χ0v) is 10.0. The van der Waals surface area contributed by atoms with Crippen LogP contribution in [0.3, 0.4) is 0 Å².